The standard InChI is InChI=1S/C32H45NO10/c1-22(21-43-32(35)24-18-27(38-5)31(41-8)28(19-24)39-6)20-33(2)14-10-9-11-15-42-29(34)13-12-23-16-25(36-3)30(40-7)26(17-23)37-4/h12-13,16-19,22H,9-11,14-15,20-21H2,1-8H3/b13-12+/t22-/m0/s1. The van der Waals surface area contributed by atoms with E-state index in [0.29, 0.717) is 46.7 Å². The zero-order valence-corrected chi connectivity index (χ0v) is 26.5. The summed E-state index contributed by atoms with van der Waals surface area (Å²) in [6.45, 7) is 4.29. The zero-order chi connectivity index (χ0) is 31.8. The first-order valence-corrected chi connectivity index (χ1v) is 14.0. The van der Waals surface area contributed by atoms with E-state index in [2.05, 4.69) is 4.90 Å². The van der Waals surface area contributed by atoms with Gasteiger partial charge >= 0.3 is 11.9 Å². The predicted molar refractivity (Wildman–Crippen MR) is 163 cm³/mol. The van der Waals surface area contributed by atoms with Crippen LogP contribution in [0.2, 0.25) is 0 Å². The normalized spacial score (nSPS) is 11.7. The highest BCUT2D eigenvalue weighted by atomic mass is 16.5. The van der Waals surface area contributed by atoms with E-state index in [1.165, 1.54) is 48.7 Å². The molecule has 2 rings (SSSR count). The SMILES string of the molecule is COc1cc(/C=C/C(=O)OCCCCCN(C)C[C@H](C)COC(=O)c2cc(OC)c(OC)c(OC)c2)cc(OC)c1OC. The number of benzene rings is 2. The lowest BCUT2D eigenvalue weighted by atomic mass is 10.1. The van der Waals surface area contributed by atoms with E-state index >= 15 is 0 Å². The Balaban J connectivity index is 1.68. The van der Waals surface area contributed by atoms with Gasteiger partial charge in [0.2, 0.25) is 11.5 Å². The van der Waals surface area contributed by atoms with Crippen molar-refractivity contribution in [1.29, 1.82) is 0 Å². The van der Waals surface area contributed by atoms with E-state index in [0.717, 1.165) is 37.9 Å². The summed E-state index contributed by atoms with van der Waals surface area (Å²) < 4.78 is 42.8. The minimum Gasteiger partial charge on any atom is -0.493 e. The fourth-order valence-corrected chi connectivity index (χ4v) is 4.42. The third kappa shape index (κ3) is 10.9. The number of carbonyl (C=O) groups is 2. The van der Waals surface area contributed by atoms with Crippen molar-refractivity contribution < 1.29 is 47.5 Å². The van der Waals surface area contributed by atoms with Gasteiger partial charge in [0.25, 0.3) is 0 Å². The topological polar surface area (TPSA) is 111 Å². The number of hydrogen-bond acceptors (Lipinski definition) is 11. The third-order valence-corrected chi connectivity index (χ3v) is 6.55. The van der Waals surface area contributed by atoms with Gasteiger partial charge in [-0.2, -0.15) is 0 Å². The van der Waals surface area contributed by atoms with Crippen LogP contribution in [-0.2, 0) is 14.3 Å². The number of hydrogen-bond donors (Lipinski definition) is 0. The van der Waals surface area contributed by atoms with Gasteiger partial charge in [0.05, 0.1) is 61.4 Å². The van der Waals surface area contributed by atoms with Gasteiger partial charge in [-0.15, -0.1) is 0 Å². The summed E-state index contributed by atoms with van der Waals surface area (Å²) in [7, 11) is 11.1. The molecule has 0 aliphatic rings. The summed E-state index contributed by atoms with van der Waals surface area (Å²) in [6.07, 6.45) is 5.65. The summed E-state index contributed by atoms with van der Waals surface area (Å²) in [5, 5.41) is 0. The molecule has 238 valence electrons. The zero-order valence-electron chi connectivity index (χ0n) is 26.5. The van der Waals surface area contributed by atoms with Crippen molar-refractivity contribution in [3.05, 3.63) is 41.5 Å². The van der Waals surface area contributed by atoms with Crippen LogP contribution in [0.15, 0.2) is 30.3 Å². The summed E-state index contributed by atoms with van der Waals surface area (Å²) in [4.78, 5) is 27.0. The van der Waals surface area contributed by atoms with E-state index in [9.17, 15) is 9.59 Å². The number of ether oxygens (including phenoxy) is 8. The lowest BCUT2D eigenvalue weighted by Crippen LogP contribution is -2.28. The molecule has 0 radical (unpaired) electrons. The number of nitrogens with zero attached hydrogens (tertiary/aromatic N) is 1. The molecular weight excluding hydrogens is 558 g/mol. The van der Waals surface area contributed by atoms with Crippen molar-refractivity contribution in [2.75, 3.05) is 76.0 Å². The molecule has 0 heterocycles. The van der Waals surface area contributed by atoms with E-state index in [1.54, 1.807) is 30.3 Å². The molecular formula is C32H45NO10. The maximum atomic E-state index is 12.6. The molecule has 11 heteroatoms. The molecule has 0 aromatic heterocycles. The quantitative estimate of drug-likeness (QED) is 0.124. The van der Waals surface area contributed by atoms with Crippen LogP contribution in [0.1, 0.15) is 42.1 Å². The molecule has 0 saturated carbocycles. The highest BCUT2D eigenvalue weighted by Gasteiger charge is 2.19. The number of carbonyl (C=O) groups excluding carboxylic acids is 2. The average Bonchev–Trinajstić information content (AvgIpc) is 3.02. The van der Waals surface area contributed by atoms with Crippen molar-refractivity contribution >= 4 is 18.0 Å². The Labute approximate surface area is 254 Å². The van der Waals surface area contributed by atoms with Crippen LogP contribution in [0.25, 0.3) is 6.08 Å². The predicted octanol–water partition coefficient (Wildman–Crippen LogP) is 4.89. The maximum Gasteiger partial charge on any atom is 0.338 e. The molecule has 43 heavy (non-hydrogen) atoms. The highest BCUT2D eigenvalue weighted by molar-refractivity contribution is 5.91. The fraction of sp³-hybridized carbons (Fsp3) is 0.500. The van der Waals surface area contributed by atoms with Crippen molar-refractivity contribution in [3.63, 3.8) is 0 Å². The van der Waals surface area contributed by atoms with Crippen LogP contribution in [0, 0.1) is 5.92 Å². The molecule has 0 aliphatic carbocycles. The van der Waals surface area contributed by atoms with Gasteiger partial charge in [-0.25, -0.2) is 9.59 Å². The second-order valence-electron chi connectivity index (χ2n) is 9.90. The van der Waals surface area contributed by atoms with Crippen molar-refractivity contribution in [2.45, 2.75) is 26.2 Å². The number of unbranched alkanes of at least 4 members (excludes halogenated alkanes) is 2. The Morgan fingerprint density at radius 2 is 1.28 bits per heavy atom. The second kappa shape index (κ2) is 18.4. The van der Waals surface area contributed by atoms with E-state index < -0.39 is 11.9 Å². The summed E-state index contributed by atoms with van der Waals surface area (Å²) >= 11 is 0. The lowest BCUT2D eigenvalue weighted by Gasteiger charge is -2.21. The number of rotatable bonds is 19. The first-order valence-electron chi connectivity index (χ1n) is 14.0. The maximum absolute atomic E-state index is 12.6. The molecule has 0 bridgehead atoms. The molecule has 0 saturated heterocycles. The van der Waals surface area contributed by atoms with Crippen molar-refractivity contribution in [3.8, 4) is 34.5 Å². The Kier molecular flexibility index (Phi) is 15.0. The second-order valence-corrected chi connectivity index (χ2v) is 9.90. The largest absolute Gasteiger partial charge is 0.493 e. The molecule has 0 fully saturated rings. The Bertz CT molecular complexity index is 1160. The van der Waals surface area contributed by atoms with E-state index in [-0.39, 0.29) is 12.5 Å². The molecule has 2 aromatic carbocycles. The fourth-order valence-electron chi connectivity index (χ4n) is 4.42. The van der Waals surface area contributed by atoms with Gasteiger partial charge in [0.1, 0.15) is 0 Å². The lowest BCUT2D eigenvalue weighted by molar-refractivity contribution is -0.137. The molecule has 0 N–H and O–H groups in total. The minimum atomic E-state index is -0.457. The molecule has 0 unspecified atom stereocenters. The van der Waals surface area contributed by atoms with E-state index in [1.807, 2.05) is 14.0 Å². The smallest absolute Gasteiger partial charge is 0.338 e. The van der Waals surface area contributed by atoms with Gasteiger partial charge in [-0.3, -0.25) is 0 Å². The number of methoxy groups -OCH3 is 6. The average molecular weight is 604 g/mol. The number of esters is 2. The van der Waals surface area contributed by atoms with Gasteiger partial charge in [-0.05, 0) is 68.8 Å². The Hall–Kier alpha value is -4.12. The first-order chi connectivity index (χ1) is 20.7. The molecule has 2 aromatic rings. The van der Waals surface area contributed by atoms with Crippen LogP contribution in [0.3, 0.4) is 0 Å². The van der Waals surface area contributed by atoms with Crippen LogP contribution in [0.5, 0.6) is 34.5 Å². The Morgan fingerprint density at radius 3 is 1.79 bits per heavy atom. The van der Waals surface area contributed by atoms with Gasteiger partial charge < -0.3 is 42.8 Å². The van der Waals surface area contributed by atoms with Crippen LogP contribution in [0.4, 0.5) is 0 Å². The Morgan fingerprint density at radius 1 is 0.744 bits per heavy atom. The molecule has 1 atom stereocenters. The first kappa shape index (κ1) is 35.1. The summed E-state index contributed by atoms with van der Waals surface area (Å²) in [5.74, 6) is 1.96. The monoisotopic (exact) mass is 603 g/mol. The van der Waals surface area contributed by atoms with Crippen molar-refractivity contribution in [2.24, 2.45) is 5.92 Å². The minimum absolute atomic E-state index is 0.134. The molecule has 0 spiro atoms. The molecule has 0 amide bonds. The molecule has 11 nitrogen and oxygen atoms in total. The van der Waals surface area contributed by atoms with Crippen LogP contribution in [-0.4, -0.2) is 92.8 Å². The van der Waals surface area contributed by atoms with E-state index in [4.69, 9.17) is 37.9 Å². The van der Waals surface area contributed by atoms with Crippen molar-refractivity contribution in [1.82, 2.24) is 4.90 Å². The summed E-state index contributed by atoms with van der Waals surface area (Å²) in [6, 6.07) is 6.65. The van der Waals surface area contributed by atoms with Gasteiger partial charge in [0, 0.05) is 18.5 Å². The van der Waals surface area contributed by atoms with Gasteiger partial charge in [-0.1, -0.05) is 6.92 Å². The highest BCUT2D eigenvalue weighted by Crippen LogP contribution is 2.39. The van der Waals surface area contributed by atoms with Crippen LogP contribution < -0.4 is 28.4 Å². The van der Waals surface area contributed by atoms with Crippen LogP contribution >= 0.6 is 0 Å². The summed E-state index contributed by atoms with van der Waals surface area (Å²) in [5.41, 5.74) is 1.05. The third-order valence-electron chi connectivity index (χ3n) is 6.55. The molecule has 0 aliphatic heterocycles. The van der Waals surface area contributed by atoms with Gasteiger partial charge in [0.15, 0.2) is 23.0 Å².